The van der Waals surface area contributed by atoms with E-state index in [9.17, 15) is 0 Å². The van der Waals surface area contributed by atoms with Crippen LogP contribution in [-0.2, 0) is 6.42 Å². The summed E-state index contributed by atoms with van der Waals surface area (Å²) in [5.74, 6) is 0. The van der Waals surface area contributed by atoms with Crippen LogP contribution in [0.1, 0.15) is 26.3 Å². The van der Waals surface area contributed by atoms with Crippen molar-refractivity contribution in [3.05, 3.63) is 45.3 Å². The van der Waals surface area contributed by atoms with Gasteiger partial charge in [-0.2, -0.15) is 0 Å². The van der Waals surface area contributed by atoms with Crippen LogP contribution in [0.3, 0.4) is 0 Å². The molecular weight excluding hydrogens is 333 g/mol. The van der Waals surface area contributed by atoms with Gasteiger partial charge < -0.3 is 0 Å². The molecule has 0 N–H and O–H groups in total. The van der Waals surface area contributed by atoms with Crippen molar-refractivity contribution in [3.8, 4) is 0 Å². The first-order valence-electron chi connectivity index (χ1n) is 6.58. The second-order valence-corrected chi connectivity index (χ2v) is 16.4. The second kappa shape index (κ2) is 7.42. The van der Waals surface area contributed by atoms with Crippen molar-refractivity contribution in [2.45, 2.75) is 43.0 Å². The van der Waals surface area contributed by atoms with Crippen LogP contribution in [0.25, 0.3) is 0 Å². The molecule has 2 heteroatoms. The van der Waals surface area contributed by atoms with Crippen LogP contribution in [0, 0.1) is 0 Å². The summed E-state index contributed by atoms with van der Waals surface area (Å²) in [6.07, 6.45) is 3.50. The third kappa shape index (κ3) is 4.63. The zero-order valence-electron chi connectivity index (χ0n) is 11.2. The fourth-order valence-electron chi connectivity index (χ4n) is 2.17. The zero-order valence-corrected chi connectivity index (χ0v) is 14.9. The molecule has 1 aromatic rings. The van der Waals surface area contributed by atoms with Crippen molar-refractivity contribution in [2.75, 3.05) is 0 Å². The number of allylic oxidation sites excluding steroid dienone is 1. The number of hydrogen-bond acceptors (Lipinski definition) is 0. The third-order valence-corrected chi connectivity index (χ3v) is 15.2. The molecule has 0 aromatic heterocycles. The fraction of sp³-hybridized carbons (Fsp3) is 0.467. The Balaban J connectivity index is 2.62. The SMILES string of the molecule is C[CH2][Ge](/[CH]=C/Cc1ccc(Br)cc1)([CH2]C)[CH2]C. The molecule has 0 heterocycles. The number of hydrogen-bond donors (Lipinski definition) is 0. The van der Waals surface area contributed by atoms with Gasteiger partial charge in [0.05, 0.1) is 0 Å². The van der Waals surface area contributed by atoms with E-state index in [1.54, 1.807) is 0 Å². The van der Waals surface area contributed by atoms with E-state index in [1.807, 2.05) is 0 Å². The first-order valence-corrected chi connectivity index (χ1v) is 13.0. The van der Waals surface area contributed by atoms with Gasteiger partial charge in [-0.25, -0.2) is 0 Å². The predicted molar refractivity (Wildman–Crippen MR) is 84.2 cm³/mol. The Hall–Kier alpha value is -0.0171. The minimum atomic E-state index is -1.59. The Bertz CT molecular complexity index is 341. The molecule has 0 unspecified atom stereocenters. The second-order valence-electron chi connectivity index (χ2n) is 4.66. The van der Waals surface area contributed by atoms with E-state index < -0.39 is 13.3 Å². The van der Waals surface area contributed by atoms with Gasteiger partial charge in [0.15, 0.2) is 0 Å². The molecule has 0 bridgehead atoms. The normalized spacial score (nSPS) is 12.2. The summed E-state index contributed by atoms with van der Waals surface area (Å²) >= 11 is 1.88. The standard InChI is InChI=1S/C15H23BrGe/c1-4-17(5-2,6-3)13-7-8-14-9-11-15(16)12-10-14/h7,9-13H,4-6,8H2,1-3H3/b13-7+. The van der Waals surface area contributed by atoms with Crippen LogP contribution >= 0.6 is 15.9 Å². The molecular formula is C15H23BrGe. The quantitative estimate of drug-likeness (QED) is 0.583. The van der Waals surface area contributed by atoms with E-state index in [0.29, 0.717) is 0 Å². The van der Waals surface area contributed by atoms with Crippen LogP contribution in [0.4, 0.5) is 0 Å². The van der Waals surface area contributed by atoms with E-state index in [-0.39, 0.29) is 0 Å². The molecule has 0 nitrogen and oxygen atoms in total. The van der Waals surface area contributed by atoms with Crippen molar-refractivity contribution < 1.29 is 0 Å². The molecule has 0 saturated heterocycles. The Kier molecular flexibility index (Phi) is 6.57. The van der Waals surface area contributed by atoms with E-state index in [0.717, 1.165) is 10.9 Å². The van der Waals surface area contributed by atoms with Crippen molar-refractivity contribution in [1.29, 1.82) is 0 Å². The predicted octanol–water partition coefficient (Wildman–Crippen LogP) is 5.60. The van der Waals surface area contributed by atoms with Gasteiger partial charge in [0.1, 0.15) is 0 Å². The molecule has 1 aromatic carbocycles. The van der Waals surface area contributed by atoms with E-state index in [1.165, 1.54) is 21.3 Å². The summed E-state index contributed by atoms with van der Waals surface area (Å²) in [5.41, 5.74) is 1.41. The molecule has 0 aliphatic heterocycles. The van der Waals surface area contributed by atoms with Crippen LogP contribution < -0.4 is 0 Å². The van der Waals surface area contributed by atoms with Gasteiger partial charge in [0, 0.05) is 0 Å². The van der Waals surface area contributed by atoms with Crippen LogP contribution in [0.2, 0.25) is 15.8 Å². The number of benzene rings is 1. The molecule has 0 atom stereocenters. The van der Waals surface area contributed by atoms with Crippen LogP contribution in [0.15, 0.2) is 39.7 Å². The van der Waals surface area contributed by atoms with Gasteiger partial charge in [-0.15, -0.1) is 0 Å². The molecule has 0 spiro atoms. The summed E-state index contributed by atoms with van der Waals surface area (Å²) in [7, 11) is 0. The monoisotopic (exact) mass is 356 g/mol. The minimum absolute atomic E-state index is 1.08. The Morgan fingerprint density at radius 1 is 1.00 bits per heavy atom. The summed E-state index contributed by atoms with van der Waals surface area (Å²) in [6.45, 7) is 7.12. The maximum absolute atomic E-state index is 3.47. The first kappa shape index (κ1) is 15.0. The van der Waals surface area contributed by atoms with Crippen molar-refractivity contribution in [2.24, 2.45) is 0 Å². The number of rotatable bonds is 6. The summed E-state index contributed by atoms with van der Waals surface area (Å²) in [6, 6.07) is 8.65. The van der Waals surface area contributed by atoms with Crippen molar-refractivity contribution >= 4 is 29.2 Å². The number of halogens is 1. The topological polar surface area (TPSA) is 0 Å². The van der Waals surface area contributed by atoms with Gasteiger partial charge in [-0.3, -0.25) is 0 Å². The molecule has 0 aliphatic carbocycles. The molecule has 0 aliphatic rings. The molecule has 94 valence electrons. The van der Waals surface area contributed by atoms with Gasteiger partial charge in [0.2, 0.25) is 0 Å². The molecule has 17 heavy (non-hydrogen) atoms. The van der Waals surface area contributed by atoms with Crippen molar-refractivity contribution in [3.63, 3.8) is 0 Å². The molecule has 1 rings (SSSR count). The molecule has 0 radical (unpaired) electrons. The maximum atomic E-state index is 3.47. The van der Waals surface area contributed by atoms with E-state index >= 15 is 0 Å². The van der Waals surface area contributed by atoms with Crippen LogP contribution in [-0.4, -0.2) is 13.3 Å². The summed E-state index contributed by atoms with van der Waals surface area (Å²) in [4.78, 5) is 2.61. The average Bonchev–Trinajstić information content (AvgIpc) is 2.38. The van der Waals surface area contributed by atoms with E-state index in [4.69, 9.17) is 0 Å². The van der Waals surface area contributed by atoms with Gasteiger partial charge in [-0.1, -0.05) is 0 Å². The van der Waals surface area contributed by atoms with Gasteiger partial charge >= 0.3 is 117 Å². The molecule has 0 amide bonds. The summed E-state index contributed by atoms with van der Waals surface area (Å²) in [5, 5.41) is 4.26. The Morgan fingerprint density at radius 2 is 1.53 bits per heavy atom. The Labute approximate surface area is 117 Å². The van der Waals surface area contributed by atoms with Crippen molar-refractivity contribution in [1.82, 2.24) is 0 Å². The molecule has 0 fully saturated rings. The van der Waals surface area contributed by atoms with Gasteiger partial charge in [-0.05, 0) is 0 Å². The third-order valence-electron chi connectivity index (χ3n) is 3.85. The zero-order chi connectivity index (χ0) is 12.7. The average molecular weight is 356 g/mol. The molecule has 0 saturated carbocycles. The Morgan fingerprint density at radius 3 is 2.00 bits per heavy atom. The van der Waals surface area contributed by atoms with Crippen LogP contribution in [0.5, 0.6) is 0 Å². The summed E-state index contributed by atoms with van der Waals surface area (Å²) < 4.78 is 1.16. The first-order chi connectivity index (χ1) is 8.15. The van der Waals surface area contributed by atoms with Gasteiger partial charge in [0.25, 0.3) is 0 Å². The van der Waals surface area contributed by atoms with E-state index in [2.05, 4.69) is 72.0 Å². The fourth-order valence-corrected chi connectivity index (χ4v) is 8.36.